The summed E-state index contributed by atoms with van der Waals surface area (Å²) in [6, 6.07) is 11.7. The summed E-state index contributed by atoms with van der Waals surface area (Å²) in [5.74, 6) is 0.156. The largest absolute Gasteiger partial charge is 0.505 e. The zero-order valence-corrected chi connectivity index (χ0v) is 14.5. The summed E-state index contributed by atoms with van der Waals surface area (Å²) >= 11 is 12.0. The van der Waals surface area contributed by atoms with E-state index in [1.807, 2.05) is 4.90 Å². The van der Waals surface area contributed by atoms with Gasteiger partial charge in [-0.05, 0) is 42.5 Å². The number of carbonyl (C=O) groups is 1. The van der Waals surface area contributed by atoms with Crippen LogP contribution in [-0.4, -0.2) is 28.5 Å². The summed E-state index contributed by atoms with van der Waals surface area (Å²) in [4.78, 5) is 15.0. The minimum Gasteiger partial charge on any atom is -0.505 e. The van der Waals surface area contributed by atoms with E-state index in [4.69, 9.17) is 23.2 Å². The molecule has 4 rings (SSSR count). The van der Waals surface area contributed by atoms with Gasteiger partial charge in [-0.25, -0.2) is 0 Å². The third kappa shape index (κ3) is 2.47. The van der Waals surface area contributed by atoms with E-state index < -0.39 is 0 Å². The number of fused-ring (bicyclic) bond motifs is 3. The highest BCUT2D eigenvalue weighted by molar-refractivity contribution is 6.37. The molecule has 1 aliphatic carbocycles. The van der Waals surface area contributed by atoms with Gasteiger partial charge in [0.1, 0.15) is 0 Å². The van der Waals surface area contributed by atoms with Gasteiger partial charge < -0.3 is 10.0 Å². The second kappa shape index (κ2) is 5.98. The van der Waals surface area contributed by atoms with Gasteiger partial charge in [-0.2, -0.15) is 0 Å². The van der Waals surface area contributed by atoms with Crippen molar-refractivity contribution in [3.05, 3.63) is 63.1 Å². The number of phenols is 1. The lowest BCUT2D eigenvalue weighted by molar-refractivity contribution is 0.0595. The second-order valence-corrected chi connectivity index (χ2v) is 7.32. The molecular formula is C19H17Cl2NO2. The van der Waals surface area contributed by atoms with E-state index in [1.165, 1.54) is 23.3 Å². The molecule has 3 nitrogen and oxygen atoms in total. The van der Waals surface area contributed by atoms with Crippen LogP contribution in [0.1, 0.15) is 40.2 Å². The number of carbonyl (C=O) groups excluding carboxylic acids is 1. The normalized spacial score (nSPS) is 22.2. The summed E-state index contributed by atoms with van der Waals surface area (Å²) in [5, 5.41) is 9.91. The monoisotopic (exact) mass is 361 g/mol. The average Bonchev–Trinajstić information content (AvgIpc) is 2.97. The van der Waals surface area contributed by atoms with Crippen LogP contribution in [0.5, 0.6) is 5.75 Å². The number of hydrogen-bond acceptors (Lipinski definition) is 2. The maximum atomic E-state index is 13.0. The quantitative estimate of drug-likeness (QED) is 0.803. The Bertz CT molecular complexity index is 798. The van der Waals surface area contributed by atoms with E-state index in [0.717, 1.165) is 25.8 Å². The van der Waals surface area contributed by atoms with E-state index in [0.29, 0.717) is 11.5 Å². The summed E-state index contributed by atoms with van der Waals surface area (Å²) in [6.45, 7) is 0.740. The van der Waals surface area contributed by atoms with Crippen molar-refractivity contribution in [3.8, 4) is 5.75 Å². The number of hydrogen-bond donors (Lipinski definition) is 1. The van der Waals surface area contributed by atoms with Gasteiger partial charge in [-0.3, -0.25) is 4.79 Å². The fourth-order valence-electron chi connectivity index (χ4n) is 4.09. The van der Waals surface area contributed by atoms with Gasteiger partial charge in [0.25, 0.3) is 5.91 Å². The van der Waals surface area contributed by atoms with Crippen LogP contribution in [0.25, 0.3) is 0 Å². The van der Waals surface area contributed by atoms with Gasteiger partial charge in [0, 0.05) is 24.1 Å². The van der Waals surface area contributed by atoms with Crippen LogP contribution >= 0.6 is 23.2 Å². The predicted octanol–water partition coefficient (Wildman–Crippen LogP) is 4.64. The van der Waals surface area contributed by atoms with Crippen LogP contribution in [0.2, 0.25) is 10.0 Å². The van der Waals surface area contributed by atoms with Crippen molar-refractivity contribution >= 4 is 29.1 Å². The van der Waals surface area contributed by atoms with Gasteiger partial charge >= 0.3 is 0 Å². The van der Waals surface area contributed by atoms with Crippen molar-refractivity contribution in [2.75, 3.05) is 6.54 Å². The summed E-state index contributed by atoms with van der Waals surface area (Å²) < 4.78 is 0. The van der Waals surface area contributed by atoms with E-state index in [-0.39, 0.29) is 27.7 Å². The van der Waals surface area contributed by atoms with E-state index in [9.17, 15) is 9.90 Å². The first-order valence-electron chi connectivity index (χ1n) is 8.13. The molecular weight excluding hydrogens is 345 g/mol. The van der Waals surface area contributed by atoms with Crippen molar-refractivity contribution in [3.63, 3.8) is 0 Å². The number of nitrogens with zero attached hydrogens (tertiary/aromatic N) is 1. The van der Waals surface area contributed by atoms with Crippen LogP contribution in [0.15, 0.2) is 36.4 Å². The Labute approximate surface area is 150 Å². The Morgan fingerprint density at radius 2 is 1.88 bits per heavy atom. The highest BCUT2D eigenvalue weighted by Crippen LogP contribution is 2.43. The molecule has 2 aliphatic rings. The minimum absolute atomic E-state index is 0.0682. The number of likely N-dealkylation sites (tertiary alicyclic amines) is 1. The molecule has 0 aromatic heterocycles. The molecule has 1 saturated heterocycles. The van der Waals surface area contributed by atoms with Crippen LogP contribution < -0.4 is 0 Å². The van der Waals surface area contributed by atoms with Gasteiger partial charge in [-0.1, -0.05) is 47.5 Å². The van der Waals surface area contributed by atoms with Crippen LogP contribution in [-0.2, 0) is 6.42 Å². The van der Waals surface area contributed by atoms with Crippen molar-refractivity contribution in [2.45, 2.75) is 31.2 Å². The fraction of sp³-hybridized carbons (Fsp3) is 0.316. The summed E-state index contributed by atoms with van der Waals surface area (Å²) in [6.07, 6.45) is 3.00. The van der Waals surface area contributed by atoms with Crippen LogP contribution in [0, 0.1) is 0 Å². The highest BCUT2D eigenvalue weighted by atomic mass is 35.5. The maximum Gasteiger partial charge on any atom is 0.254 e. The number of aromatic hydroxyl groups is 1. The van der Waals surface area contributed by atoms with Gasteiger partial charge in [0.15, 0.2) is 5.75 Å². The standard InChI is InChI=1S/C19H17Cl2NO2/c20-15-8-12(9-16(21)18(15)23)19(24)22-7-3-6-14-13-5-2-1-4-11(13)10-17(14)22/h1-2,4-5,8-9,14,17,23H,3,6-7,10H2/t14-,17+/m1/s1. The first-order chi connectivity index (χ1) is 11.6. The zero-order chi connectivity index (χ0) is 16.8. The van der Waals surface area contributed by atoms with Crippen LogP contribution in [0.4, 0.5) is 0 Å². The van der Waals surface area contributed by atoms with Crippen LogP contribution in [0.3, 0.4) is 0 Å². The zero-order valence-electron chi connectivity index (χ0n) is 13.0. The van der Waals surface area contributed by atoms with Crippen molar-refractivity contribution in [2.24, 2.45) is 0 Å². The van der Waals surface area contributed by atoms with E-state index in [1.54, 1.807) is 0 Å². The Kier molecular flexibility index (Phi) is 3.93. The third-order valence-corrected chi connectivity index (χ3v) is 5.76. The fourth-order valence-corrected chi connectivity index (χ4v) is 4.57. The molecule has 0 saturated carbocycles. The molecule has 0 bridgehead atoms. The van der Waals surface area contributed by atoms with Gasteiger partial charge in [0.05, 0.1) is 10.0 Å². The van der Waals surface area contributed by atoms with Gasteiger partial charge in [0.2, 0.25) is 0 Å². The molecule has 1 amide bonds. The highest BCUT2D eigenvalue weighted by Gasteiger charge is 2.40. The Hall–Kier alpha value is -1.71. The molecule has 1 N–H and O–H groups in total. The average molecular weight is 362 g/mol. The molecule has 1 heterocycles. The molecule has 1 aliphatic heterocycles. The third-order valence-electron chi connectivity index (χ3n) is 5.19. The summed E-state index contributed by atoms with van der Waals surface area (Å²) in [7, 11) is 0. The molecule has 124 valence electrons. The lowest BCUT2D eigenvalue weighted by Gasteiger charge is -2.38. The Balaban J connectivity index is 1.66. The molecule has 1 fully saturated rings. The first kappa shape index (κ1) is 15.8. The van der Waals surface area contributed by atoms with Gasteiger partial charge in [-0.15, -0.1) is 0 Å². The van der Waals surface area contributed by atoms with Crippen molar-refractivity contribution in [1.82, 2.24) is 4.90 Å². The first-order valence-corrected chi connectivity index (χ1v) is 8.88. The lowest BCUT2D eigenvalue weighted by Crippen LogP contribution is -2.46. The van der Waals surface area contributed by atoms with E-state index >= 15 is 0 Å². The maximum absolute atomic E-state index is 13.0. The molecule has 2 aromatic carbocycles. The summed E-state index contributed by atoms with van der Waals surface area (Å²) in [5.41, 5.74) is 3.15. The number of rotatable bonds is 1. The number of halogens is 2. The number of piperidine rings is 1. The molecule has 0 unspecified atom stereocenters. The molecule has 0 radical (unpaired) electrons. The molecule has 5 heteroatoms. The SMILES string of the molecule is O=C(c1cc(Cl)c(O)c(Cl)c1)N1CCC[C@@H]2c3ccccc3C[C@@H]21. The topological polar surface area (TPSA) is 40.5 Å². The molecule has 2 aromatic rings. The van der Waals surface area contributed by atoms with Crippen molar-refractivity contribution in [1.29, 1.82) is 0 Å². The lowest BCUT2D eigenvalue weighted by atomic mass is 9.88. The number of amides is 1. The molecule has 0 spiro atoms. The smallest absolute Gasteiger partial charge is 0.254 e. The predicted molar refractivity (Wildman–Crippen MR) is 95.1 cm³/mol. The number of benzene rings is 2. The number of phenolic OH excluding ortho intramolecular Hbond substituents is 1. The molecule has 24 heavy (non-hydrogen) atoms. The Morgan fingerprint density at radius 1 is 1.17 bits per heavy atom. The minimum atomic E-state index is -0.181. The second-order valence-electron chi connectivity index (χ2n) is 6.51. The Morgan fingerprint density at radius 3 is 2.62 bits per heavy atom. The van der Waals surface area contributed by atoms with Crippen molar-refractivity contribution < 1.29 is 9.90 Å². The van der Waals surface area contributed by atoms with E-state index in [2.05, 4.69) is 24.3 Å². The molecule has 2 atom stereocenters.